The summed E-state index contributed by atoms with van der Waals surface area (Å²) < 4.78 is 5.01. The molecule has 0 atom stereocenters. The number of nitrogens with one attached hydrogen (secondary N) is 2. The van der Waals surface area contributed by atoms with Crippen LogP contribution in [0.1, 0.15) is 12.8 Å². The van der Waals surface area contributed by atoms with E-state index in [9.17, 15) is 0 Å². The standard InChI is InChI=1S/C5H9N.C4H9NO/c1-2-4-6-5-3-1;1-3-6-4-2-5-1/h2,4,6H,1,3,5H2;5H,1-4H2. The molecule has 0 saturated carbocycles. The van der Waals surface area contributed by atoms with Crippen LogP contribution >= 0.6 is 0 Å². The molecule has 0 spiro atoms. The second-order valence-corrected chi connectivity index (χ2v) is 2.86. The van der Waals surface area contributed by atoms with E-state index in [0.717, 1.165) is 32.8 Å². The molecule has 3 nitrogen and oxygen atoms in total. The molecule has 0 amide bonds. The van der Waals surface area contributed by atoms with Crippen LogP contribution in [-0.2, 0) is 4.74 Å². The van der Waals surface area contributed by atoms with Crippen molar-refractivity contribution in [2.45, 2.75) is 12.8 Å². The Morgan fingerprint density at radius 1 is 1.08 bits per heavy atom. The van der Waals surface area contributed by atoms with Gasteiger partial charge in [0.15, 0.2) is 0 Å². The summed E-state index contributed by atoms with van der Waals surface area (Å²) in [5, 5.41) is 6.26. The first-order valence-corrected chi connectivity index (χ1v) is 4.67. The predicted molar refractivity (Wildman–Crippen MR) is 50.1 cm³/mol. The third-order valence-corrected chi connectivity index (χ3v) is 1.77. The van der Waals surface area contributed by atoms with E-state index in [1.165, 1.54) is 12.8 Å². The van der Waals surface area contributed by atoms with Crippen LogP contribution in [0.15, 0.2) is 12.3 Å². The Labute approximate surface area is 74.2 Å². The fourth-order valence-electron chi connectivity index (χ4n) is 1.09. The molecular formula is C9H18N2O. The van der Waals surface area contributed by atoms with Crippen molar-refractivity contribution in [2.75, 3.05) is 32.8 Å². The first-order valence-electron chi connectivity index (χ1n) is 4.67. The van der Waals surface area contributed by atoms with E-state index < -0.39 is 0 Å². The summed E-state index contributed by atoms with van der Waals surface area (Å²) in [6.45, 7) is 5.00. The van der Waals surface area contributed by atoms with Gasteiger partial charge in [-0.15, -0.1) is 0 Å². The fourth-order valence-corrected chi connectivity index (χ4v) is 1.09. The molecule has 2 heterocycles. The minimum atomic E-state index is 0.889. The Balaban J connectivity index is 0.000000120. The van der Waals surface area contributed by atoms with Crippen molar-refractivity contribution in [2.24, 2.45) is 0 Å². The van der Waals surface area contributed by atoms with Crippen molar-refractivity contribution < 1.29 is 4.74 Å². The number of hydrogen-bond donors (Lipinski definition) is 2. The lowest BCUT2D eigenvalue weighted by molar-refractivity contribution is 0.109. The van der Waals surface area contributed by atoms with Gasteiger partial charge in [-0.2, -0.15) is 0 Å². The predicted octanol–water partition coefficient (Wildman–Crippen LogP) is 0.490. The van der Waals surface area contributed by atoms with Gasteiger partial charge in [-0.1, -0.05) is 6.08 Å². The molecule has 70 valence electrons. The highest BCUT2D eigenvalue weighted by Gasteiger charge is 1.92. The molecule has 2 aliphatic rings. The van der Waals surface area contributed by atoms with E-state index in [2.05, 4.69) is 16.7 Å². The molecule has 1 fully saturated rings. The van der Waals surface area contributed by atoms with Crippen molar-refractivity contribution in [3.8, 4) is 0 Å². The van der Waals surface area contributed by atoms with Gasteiger partial charge in [0.25, 0.3) is 0 Å². The lowest BCUT2D eigenvalue weighted by atomic mass is 10.2. The molecule has 2 aliphatic heterocycles. The molecule has 1 saturated heterocycles. The Kier molecular flexibility index (Phi) is 5.67. The van der Waals surface area contributed by atoms with Crippen molar-refractivity contribution in [1.82, 2.24) is 10.6 Å². The monoisotopic (exact) mass is 170 g/mol. The van der Waals surface area contributed by atoms with Gasteiger partial charge in [0.1, 0.15) is 0 Å². The van der Waals surface area contributed by atoms with Gasteiger partial charge in [-0.3, -0.25) is 0 Å². The molecule has 3 heteroatoms. The summed E-state index contributed by atoms with van der Waals surface area (Å²) in [6.07, 6.45) is 6.73. The quantitative estimate of drug-likeness (QED) is 0.555. The highest BCUT2D eigenvalue weighted by molar-refractivity contribution is 4.83. The van der Waals surface area contributed by atoms with Crippen LogP contribution in [0.5, 0.6) is 0 Å². The minimum absolute atomic E-state index is 0.889. The number of allylic oxidation sites excluding steroid dienone is 1. The van der Waals surface area contributed by atoms with Gasteiger partial charge in [0.2, 0.25) is 0 Å². The highest BCUT2D eigenvalue weighted by atomic mass is 16.5. The zero-order chi connectivity index (χ0) is 8.49. The van der Waals surface area contributed by atoms with Crippen molar-refractivity contribution >= 4 is 0 Å². The van der Waals surface area contributed by atoms with Crippen LogP contribution in [0.25, 0.3) is 0 Å². The van der Waals surface area contributed by atoms with Crippen molar-refractivity contribution in [1.29, 1.82) is 0 Å². The van der Waals surface area contributed by atoms with Crippen LogP contribution in [0.3, 0.4) is 0 Å². The van der Waals surface area contributed by atoms with Crippen molar-refractivity contribution in [3.05, 3.63) is 12.3 Å². The molecule has 2 rings (SSSR count). The minimum Gasteiger partial charge on any atom is -0.391 e. The molecule has 0 bridgehead atoms. The highest BCUT2D eigenvalue weighted by Crippen LogP contribution is 1.91. The maximum atomic E-state index is 5.01. The Morgan fingerprint density at radius 3 is 2.08 bits per heavy atom. The summed E-state index contributed by atoms with van der Waals surface area (Å²) in [4.78, 5) is 0. The molecule has 0 unspecified atom stereocenters. The third kappa shape index (κ3) is 5.16. The maximum absolute atomic E-state index is 5.01. The number of hydrogen-bond acceptors (Lipinski definition) is 3. The first kappa shape index (κ1) is 9.55. The second-order valence-electron chi connectivity index (χ2n) is 2.86. The molecular weight excluding hydrogens is 152 g/mol. The van der Waals surface area contributed by atoms with Gasteiger partial charge in [0, 0.05) is 19.6 Å². The molecule has 0 aromatic rings. The van der Waals surface area contributed by atoms with Gasteiger partial charge in [0.05, 0.1) is 13.2 Å². The molecule has 0 aromatic heterocycles. The molecule has 2 N–H and O–H groups in total. The van der Waals surface area contributed by atoms with Crippen LogP contribution in [0, 0.1) is 0 Å². The fraction of sp³-hybridized carbons (Fsp3) is 0.778. The van der Waals surface area contributed by atoms with Crippen LogP contribution < -0.4 is 10.6 Å². The summed E-state index contributed by atoms with van der Waals surface area (Å²) in [6, 6.07) is 0. The third-order valence-electron chi connectivity index (χ3n) is 1.77. The maximum Gasteiger partial charge on any atom is 0.0591 e. The van der Waals surface area contributed by atoms with E-state index in [1.54, 1.807) is 0 Å². The number of rotatable bonds is 0. The topological polar surface area (TPSA) is 33.3 Å². The van der Waals surface area contributed by atoms with E-state index in [-0.39, 0.29) is 0 Å². The van der Waals surface area contributed by atoms with E-state index in [0.29, 0.717) is 0 Å². The Morgan fingerprint density at radius 2 is 1.92 bits per heavy atom. The average molecular weight is 170 g/mol. The zero-order valence-electron chi connectivity index (χ0n) is 7.51. The summed E-state index contributed by atoms with van der Waals surface area (Å²) in [7, 11) is 0. The molecule has 0 radical (unpaired) electrons. The Hall–Kier alpha value is -0.540. The van der Waals surface area contributed by atoms with Gasteiger partial charge >= 0.3 is 0 Å². The van der Waals surface area contributed by atoms with Gasteiger partial charge in [-0.05, 0) is 19.0 Å². The van der Waals surface area contributed by atoms with Crippen LogP contribution in [-0.4, -0.2) is 32.8 Å². The number of ether oxygens (including phenoxy) is 1. The SMILES string of the molecule is C1=CNCCC1.C1COCCN1. The Bertz CT molecular complexity index is 102. The summed E-state index contributed by atoms with van der Waals surface area (Å²) in [5.74, 6) is 0. The normalized spacial score (nSPS) is 22.0. The largest absolute Gasteiger partial charge is 0.391 e. The van der Waals surface area contributed by atoms with E-state index in [4.69, 9.17) is 4.74 Å². The van der Waals surface area contributed by atoms with E-state index in [1.807, 2.05) is 6.20 Å². The van der Waals surface area contributed by atoms with Crippen LogP contribution in [0.4, 0.5) is 0 Å². The molecule has 12 heavy (non-hydrogen) atoms. The average Bonchev–Trinajstić information content (AvgIpc) is 2.24. The lowest BCUT2D eigenvalue weighted by Gasteiger charge is -2.10. The van der Waals surface area contributed by atoms with Crippen LogP contribution in [0.2, 0.25) is 0 Å². The second kappa shape index (κ2) is 7.13. The molecule has 0 aliphatic carbocycles. The lowest BCUT2D eigenvalue weighted by Crippen LogP contribution is -2.30. The molecule has 0 aromatic carbocycles. The number of morpholine rings is 1. The smallest absolute Gasteiger partial charge is 0.0591 e. The summed E-state index contributed by atoms with van der Waals surface area (Å²) in [5.41, 5.74) is 0. The van der Waals surface area contributed by atoms with E-state index >= 15 is 0 Å². The van der Waals surface area contributed by atoms with Gasteiger partial charge < -0.3 is 15.4 Å². The summed E-state index contributed by atoms with van der Waals surface area (Å²) >= 11 is 0. The zero-order valence-corrected chi connectivity index (χ0v) is 7.51. The van der Waals surface area contributed by atoms with Crippen molar-refractivity contribution in [3.63, 3.8) is 0 Å². The van der Waals surface area contributed by atoms with Gasteiger partial charge in [-0.25, -0.2) is 0 Å². The first-order chi connectivity index (χ1) is 6.00.